The molecule has 3 nitrogen and oxygen atoms in total. The molecule has 0 aliphatic heterocycles. The molecule has 1 heterocycles. The molecule has 0 bridgehead atoms. The van der Waals surface area contributed by atoms with Crippen molar-refractivity contribution in [1.29, 1.82) is 0 Å². The third kappa shape index (κ3) is 1.77. The molecule has 0 amide bonds. The average molecular weight is 222 g/mol. The van der Waals surface area contributed by atoms with Crippen LogP contribution in [0.25, 0.3) is 0 Å². The largest absolute Gasteiger partial charge is 0.382 e. The molecule has 3 heteroatoms. The number of hydrogen-bond acceptors (Lipinski definition) is 2. The zero-order valence-electron chi connectivity index (χ0n) is 10.5. The van der Waals surface area contributed by atoms with Gasteiger partial charge in [0.25, 0.3) is 0 Å². The number of hydrogen-bond donors (Lipinski definition) is 1. The van der Waals surface area contributed by atoms with E-state index in [9.17, 15) is 5.11 Å². The maximum Gasteiger partial charge on any atom is 0.141 e. The maximum absolute atomic E-state index is 10.9. The molecule has 1 aromatic rings. The fourth-order valence-corrected chi connectivity index (χ4v) is 2.86. The second-order valence-electron chi connectivity index (χ2n) is 5.25. The first-order valence-electron chi connectivity index (χ1n) is 6.32. The molecule has 0 spiro atoms. The highest BCUT2D eigenvalue weighted by atomic mass is 16.3. The van der Waals surface area contributed by atoms with Crippen molar-refractivity contribution in [2.75, 3.05) is 0 Å². The van der Waals surface area contributed by atoms with Crippen LogP contribution in [0.5, 0.6) is 0 Å². The smallest absolute Gasteiger partial charge is 0.141 e. The van der Waals surface area contributed by atoms with Gasteiger partial charge in [0.2, 0.25) is 0 Å². The van der Waals surface area contributed by atoms with E-state index in [0.717, 1.165) is 25.2 Å². The van der Waals surface area contributed by atoms with Crippen LogP contribution in [-0.2, 0) is 12.1 Å². The Morgan fingerprint density at radius 3 is 2.94 bits per heavy atom. The molecule has 0 aromatic carbocycles. The number of aromatic nitrogens is 2. The van der Waals surface area contributed by atoms with Crippen molar-refractivity contribution in [3.8, 4) is 0 Å². The van der Waals surface area contributed by atoms with E-state index in [4.69, 9.17) is 0 Å². The van der Waals surface area contributed by atoms with Crippen LogP contribution in [0, 0.1) is 11.8 Å². The van der Waals surface area contributed by atoms with Crippen LogP contribution in [0.4, 0.5) is 0 Å². The van der Waals surface area contributed by atoms with Gasteiger partial charge in [-0.3, -0.25) is 0 Å². The lowest BCUT2D eigenvalue weighted by molar-refractivity contribution is -0.0720. The standard InChI is InChI=1S/C13H22N2O/c1-4-15-8-7-14-12(15)13(16)9-10(2)5-6-11(13)3/h7-8,10-11,16H,4-6,9H2,1-3H3. The summed E-state index contributed by atoms with van der Waals surface area (Å²) in [6.45, 7) is 7.32. The predicted octanol–water partition coefficient (Wildman–Crippen LogP) is 2.55. The Hall–Kier alpha value is -0.830. The van der Waals surface area contributed by atoms with Gasteiger partial charge in [-0.1, -0.05) is 20.3 Å². The first-order valence-corrected chi connectivity index (χ1v) is 6.32. The van der Waals surface area contributed by atoms with E-state index in [-0.39, 0.29) is 0 Å². The molecule has 1 fully saturated rings. The molecule has 1 saturated carbocycles. The van der Waals surface area contributed by atoms with E-state index in [2.05, 4.69) is 30.3 Å². The lowest BCUT2D eigenvalue weighted by Gasteiger charge is -2.40. The molecule has 3 unspecified atom stereocenters. The van der Waals surface area contributed by atoms with Gasteiger partial charge in [0.1, 0.15) is 11.4 Å². The Balaban J connectivity index is 2.35. The number of rotatable bonds is 2. The van der Waals surface area contributed by atoms with E-state index in [0.29, 0.717) is 11.8 Å². The predicted molar refractivity (Wildman–Crippen MR) is 64.0 cm³/mol. The summed E-state index contributed by atoms with van der Waals surface area (Å²) in [5.41, 5.74) is -0.725. The topological polar surface area (TPSA) is 38.0 Å². The lowest BCUT2D eigenvalue weighted by Crippen LogP contribution is -2.41. The summed E-state index contributed by atoms with van der Waals surface area (Å²) >= 11 is 0. The maximum atomic E-state index is 10.9. The summed E-state index contributed by atoms with van der Waals surface area (Å²) in [6, 6.07) is 0. The number of aliphatic hydroxyl groups is 1. The van der Waals surface area contributed by atoms with E-state index >= 15 is 0 Å². The van der Waals surface area contributed by atoms with Crippen molar-refractivity contribution >= 4 is 0 Å². The summed E-state index contributed by atoms with van der Waals surface area (Å²) in [7, 11) is 0. The minimum atomic E-state index is -0.725. The van der Waals surface area contributed by atoms with Crippen LogP contribution < -0.4 is 0 Å². The first kappa shape index (κ1) is 11.6. The van der Waals surface area contributed by atoms with Crippen LogP contribution >= 0.6 is 0 Å². The minimum Gasteiger partial charge on any atom is -0.382 e. The van der Waals surface area contributed by atoms with Crippen molar-refractivity contribution < 1.29 is 5.11 Å². The van der Waals surface area contributed by atoms with Crippen LogP contribution in [-0.4, -0.2) is 14.7 Å². The van der Waals surface area contributed by atoms with Gasteiger partial charge in [0, 0.05) is 18.9 Å². The fourth-order valence-electron chi connectivity index (χ4n) is 2.86. The Bertz CT molecular complexity index is 361. The van der Waals surface area contributed by atoms with Gasteiger partial charge < -0.3 is 9.67 Å². The molecule has 1 N–H and O–H groups in total. The van der Waals surface area contributed by atoms with Crippen molar-refractivity contribution in [3.05, 3.63) is 18.2 Å². The molecule has 3 atom stereocenters. The fraction of sp³-hybridized carbons (Fsp3) is 0.769. The van der Waals surface area contributed by atoms with Crippen LogP contribution in [0.1, 0.15) is 45.9 Å². The summed E-state index contributed by atoms with van der Waals surface area (Å²) in [5, 5.41) is 10.9. The molecular formula is C13H22N2O. The Kier molecular flexibility index (Phi) is 3.06. The Labute approximate surface area is 97.5 Å². The summed E-state index contributed by atoms with van der Waals surface area (Å²) in [6.07, 6.45) is 6.90. The van der Waals surface area contributed by atoms with Crippen LogP contribution in [0.2, 0.25) is 0 Å². The van der Waals surface area contributed by atoms with Crippen LogP contribution in [0.15, 0.2) is 12.4 Å². The molecular weight excluding hydrogens is 200 g/mol. The van der Waals surface area contributed by atoms with Crippen molar-refractivity contribution in [3.63, 3.8) is 0 Å². The number of imidazole rings is 1. The van der Waals surface area contributed by atoms with Crippen molar-refractivity contribution in [2.24, 2.45) is 11.8 Å². The SMILES string of the molecule is CCn1ccnc1C1(O)CC(C)CCC1C. The van der Waals surface area contributed by atoms with Gasteiger partial charge >= 0.3 is 0 Å². The summed E-state index contributed by atoms with van der Waals surface area (Å²) in [5.74, 6) is 1.74. The zero-order valence-corrected chi connectivity index (χ0v) is 10.5. The Morgan fingerprint density at radius 1 is 1.50 bits per heavy atom. The second-order valence-corrected chi connectivity index (χ2v) is 5.25. The highest BCUT2D eigenvalue weighted by molar-refractivity contribution is 5.09. The normalized spacial score (nSPS) is 35.2. The van der Waals surface area contributed by atoms with Gasteiger partial charge in [-0.05, 0) is 31.6 Å². The van der Waals surface area contributed by atoms with Gasteiger partial charge in [-0.25, -0.2) is 4.98 Å². The molecule has 16 heavy (non-hydrogen) atoms. The molecule has 0 saturated heterocycles. The van der Waals surface area contributed by atoms with E-state index in [1.54, 1.807) is 6.20 Å². The highest BCUT2D eigenvalue weighted by Crippen LogP contribution is 2.43. The van der Waals surface area contributed by atoms with E-state index < -0.39 is 5.60 Å². The quantitative estimate of drug-likeness (QED) is 0.835. The molecule has 1 aliphatic rings. The van der Waals surface area contributed by atoms with Crippen molar-refractivity contribution in [2.45, 2.75) is 52.2 Å². The molecule has 0 radical (unpaired) electrons. The molecule has 1 aliphatic carbocycles. The number of nitrogens with zero attached hydrogens (tertiary/aromatic N) is 2. The summed E-state index contributed by atoms with van der Waals surface area (Å²) < 4.78 is 2.06. The first-order chi connectivity index (χ1) is 7.58. The van der Waals surface area contributed by atoms with Gasteiger partial charge in [0.15, 0.2) is 0 Å². The van der Waals surface area contributed by atoms with Gasteiger partial charge in [0.05, 0.1) is 0 Å². The highest BCUT2D eigenvalue weighted by Gasteiger charge is 2.43. The monoisotopic (exact) mass is 222 g/mol. The molecule has 90 valence electrons. The minimum absolute atomic E-state index is 0.302. The molecule has 2 rings (SSSR count). The lowest BCUT2D eigenvalue weighted by atomic mass is 9.71. The number of aryl methyl sites for hydroxylation is 1. The summed E-state index contributed by atoms with van der Waals surface area (Å²) in [4.78, 5) is 4.38. The third-order valence-electron chi connectivity index (χ3n) is 4.01. The van der Waals surface area contributed by atoms with Gasteiger partial charge in [-0.15, -0.1) is 0 Å². The van der Waals surface area contributed by atoms with E-state index in [1.165, 1.54) is 6.42 Å². The van der Waals surface area contributed by atoms with E-state index in [1.807, 2.05) is 6.20 Å². The van der Waals surface area contributed by atoms with Crippen molar-refractivity contribution in [1.82, 2.24) is 9.55 Å². The average Bonchev–Trinajstić information content (AvgIpc) is 2.72. The third-order valence-corrected chi connectivity index (χ3v) is 4.01. The van der Waals surface area contributed by atoms with Crippen LogP contribution in [0.3, 0.4) is 0 Å². The van der Waals surface area contributed by atoms with Gasteiger partial charge in [-0.2, -0.15) is 0 Å². The zero-order chi connectivity index (χ0) is 11.8. The second kappa shape index (κ2) is 4.21. The molecule has 1 aromatic heterocycles. The Morgan fingerprint density at radius 2 is 2.25 bits per heavy atom.